The fraction of sp³-hybridized carbons (Fsp3) is 0.0588. The number of aromatic carboxylic acids is 1. The van der Waals surface area contributed by atoms with Crippen molar-refractivity contribution in [2.45, 2.75) is 6.04 Å². The van der Waals surface area contributed by atoms with Gasteiger partial charge in [0.15, 0.2) is 0 Å². The van der Waals surface area contributed by atoms with Gasteiger partial charge in [0.05, 0.1) is 11.8 Å². The van der Waals surface area contributed by atoms with Crippen molar-refractivity contribution in [2.75, 3.05) is 0 Å². The molecule has 21 heavy (non-hydrogen) atoms. The lowest BCUT2D eigenvalue weighted by molar-refractivity contribution is 0.0696. The summed E-state index contributed by atoms with van der Waals surface area (Å²) in [5, 5.41) is 13.3. The number of nitrogens with zero attached hydrogens (tertiary/aromatic N) is 2. The average molecular weight is 278 g/mol. The van der Waals surface area contributed by atoms with Crippen LogP contribution in [0.3, 0.4) is 0 Å². The van der Waals surface area contributed by atoms with E-state index < -0.39 is 5.97 Å². The summed E-state index contributed by atoms with van der Waals surface area (Å²) < 4.78 is 1.69. The molecular weight excluding hydrogens is 264 g/mol. The maximum absolute atomic E-state index is 11.1. The van der Waals surface area contributed by atoms with Gasteiger partial charge in [0.2, 0.25) is 0 Å². The number of aromatic nitrogens is 2. The Morgan fingerprint density at radius 3 is 1.90 bits per heavy atom. The number of rotatable bonds is 4. The first-order valence-electron chi connectivity index (χ1n) is 6.63. The number of carboxylic acids is 1. The zero-order valence-corrected chi connectivity index (χ0v) is 11.3. The molecule has 0 radical (unpaired) electrons. The van der Waals surface area contributed by atoms with E-state index in [0.717, 1.165) is 11.1 Å². The van der Waals surface area contributed by atoms with E-state index in [2.05, 4.69) is 5.10 Å². The second kappa shape index (κ2) is 5.63. The lowest BCUT2D eigenvalue weighted by Crippen LogP contribution is -2.12. The molecule has 0 saturated carbocycles. The van der Waals surface area contributed by atoms with E-state index in [1.807, 2.05) is 60.7 Å². The standard InChI is InChI=1S/C17H14N2O2/c20-17(21)15-11-18-19(12-15)16(13-7-3-1-4-8-13)14-9-5-2-6-10-14/h1-12,16H,(H,20,21). The second-order valence-electron chi connectivity index (χ2n) is 4.74. The molecule has 104 valence electrons. The van der Waals surface area contributed by atoms with Gasteiger partial charge in [0, 0.05) is 6.20 Å². The smallest absolute Gasteiger partial charge is 0.338 e. The molecule has 0 aliphatic carbocycles. The summed E-state index contributed by atoms with van der Waals surface area (Å²) in [4.78, 5) is 11.1. The second-order valence-corrected chi connectivity index (χ2v) is 4.74. The van der Waals surface area contributed by atoms with Gasteiger partial charge in [-0.25, -0.2) is 4.79 Å². The highest BCUT2D eigenvalue weighted by atomic mass is 16.4. The van der Waals surface area contributed by atoms with Gasteiger partial charge < -0.3 is 5.11 Å². The molecule has 0 fully saturated rings. The number of hydrogen-bond donors (Lipinski definition) is 1. The zero-order chi connectivity index (χ0) is 14.7. The topological polar surface area (TPSA) is 55.1 Å². The summed E-state index contributed by atoms with van der Waals surface area (Å²) in [5.74, 6) is -0.971. The number of hydrogen-bond acceptors (Lipinski definition) is 2. The summed E-state index contributed by atoms with van der Waals surface area (Å²) in [5.41, 5.74) is 2.30. The highest BCUT2D eigenvalue weighted by Crippen LogP contribution is 2.26. The Morgan fingerprint density at radius 1 is 0.952 bits per heavy atom. The highest BCUT2D eigenvalue weighted by molar-refractivity contribution is 5.86. The van der Waals surface area contributed by atoms with Crippen LogP contribution < -0.4 is 0 Å². The third kappa shape index (κ3) is 2.69. The fourth-order valence-electron chi connectivity index (χ4n) is 2.36. The first-order valence-corrected chi connectivity index (χ1v) is 6.63. The monoisotopic (exact) mass is 278 g/mol. The quantitative estimate of drug-likeness (QED) is 0.797. The lowest BCUT2D eigenvalue weighted by atomic mass is 9.99. The van der Waals surface area contributed by atoms with Crippen LogP contribution in [0.2, 0.25) is 0 Å². The van der Waals surface area contributed by atoms with Gasteiger partial charge in [-0.1, -0.05) is 60.7 Å². The Labute approximate surface area is 122 Å². The minimum Gasteiger partial charge on any atom is -0.478 e. The fourth-order valence-corrected chi connectivity index (χ4v) is 2.36. The molecule has 1 heterocycles. The molecule has 0 saturated heterocycles. The number of carboxylic acid groups (broad SMARTS) is 1. The minimum absolute atomic E-state index is 0.138. The van der Waals surface area contributed by atoms with E-state index in [4.69, 9.17) is 5.11 Å². The van der Waals surface area contributed by atoms with E-state index in [0.29, 0.717) is 0 Å². The first-order chi connectivity index (χ1) is 10.3. The molecule has 0 amide bonds. The molecule has 1 aromatic heterocycles. The summed E-state index contributed by atoms with van der Waals surface area (Å²) in [6.07, 6.45) is 2.94. The van der Waals surface area contributed by atoms with Crippen LogP contribution in [0, 0.1) is 0 Å². The summed E-state index contributed by atoms with van der Waals surface area (Å²) in [6.45, 7) is 0. The molecule has 4 heteroatoms. The van der Waals surface area contributed by atoms with Gasteiger partial charge in [0.1, 0.15) is 6.04 Å². The van der Waals surface area contributed by atoms with Crippen molar-refractivity contribution in [3.05, 3.63) is 89.7 Å². The van der Waals surface area contributed by atoms with Crippen molar-refractivity contribution in [1.29, 1.82) is 0 Å². The van der Waals surface area contributed by atoms with E-state index in [9.17, 15) is 4.79 Å². The zero-order valence-electron chi connectivity index (χ0n) is 11.3. The van der Waals surface area contributed by atoms with Crippen LogP contribution in [0.15, 0.2) is 73.1 Å². The Hall–Kier alpha value is -2.88. The average Bonchev–Trinajstić information content (AvgIpc) is 3.00. The minimum atomic E-state index is -0.971. The highest BCUT2D eigenvalue weighted by Gasteiger charge is 2.18. The predicted octanol–water partition coefficient (Wildman–Crippen LogP) is 3.22. The normalized spacial score (nSPS) is 10.7. The van der Waals surface area contributed by atoms with E-state index >= 15 is 0 Å². The van der Waals surface area contributed by atoms with Gasteiger partial charge in [-0.15, -0.1) is 0 Å². The maximum Gasteiger partial charge on any atom is 0.338 e. The number of carbonyl (C=O) groups is 1. The van der Waals surface area contributed by atoms with E-state index in [1.165, 1.54) is 6.20 Å². The van der Waals surface area contributed by atoms with Crippen molar-refractivity contribution in [3.8, 4) is 0 Å². The largest absolute Gasteiger partial charge is 0.478 e. The molecule has 0 aliphatic rings. The summed E-state index contributed by atoms with van der Waals surface area (Å²) >= 11 is 0. The molecule has 3 rings (SSSR count). The summed E-state index contributed by atoms with van der Waals surface area (Å²) in [6, 6.07) is 19.7. The van der Waals surface area contributed by atoms with Crippen LogP contribution in [-0.4, -0.2) is 20.9 Å². The van der Waals surface area contributed by atoms with E-state index in [1.54, 1.807) is 10.9 Å². The molecule has 0 aliphatic heterocycles. The SMILES string of the molecule is O=C(O)c1cnn(C(c2ccccc2)c2ccccc2)c1. The van der Waals surface area contributed by atoms with Gasteiger partial charge in [-0.2, -0.15) is 5.10 Å². The Balaban J connectivity index is 2.10. The van der Waals surface area contributed by atoms with Crippen LogP contribution in [0.4, 0.5) is 0 Å². The molecular formula is C17H14N2O2. The van der Waals surface area contributed by atoms with Crippen molar-refractivity contribution in [2.24, 2.45) is 0 Å². The number of benzene rings is 2. The molecule has 2 aromatic carbocycles. The van der Waals surface area contributed by atoms with Crippen molar-refractivity contribution < 1.29 is 9.90 Å². The Morgan fingerprint density at radius 2 is 1.48 bits per heavy atom. The van der Waals surface area contributed by atoms with Gasteiger partial charge >= 0.3 is 5.97 Å². The molecule has 0 bridgehead atoms. The van der Waals surface area contributed by atoms with E-state index in [-0.39, 0.29) is 11.6 Å². The molecule has 3 aromatic rings. The van der Waals surface area contributed by atoms with Crippen LogP contribution in [0.25, 0.3) is 0 Å². The van der Waals surface area contributed by atoms with Gasteiger partial charge in [-0.05, 0) is 11.1 Å². The molecule has 4 nitrogen and oxygen atoms in total. The third-order valence-electron chi connectivity index (χ3n) is 3.34. The molecule has 0 spiro atoms. The lowest BCUT2D eigenvalue weighted by Gasteiger charge is -2.18. The Bertz CT molecular complexity index is 696. The first kappa shape index (κ1) is 13.1. The van der Waals surface area contributed by atoms with Gasteiger partial charge in [0.25, 0.3) is 0 Å². The Kier molecular flexibility index (Phi) is 3.51. The molecule has 0 atom stereocenters. The summed E-state index contributed by atoms with van der Waals surface area (Å²) in [7, 11) is 0. The van der Waals surface area contributed by atoms with Crippen molar-refractivity contribution >= 4 is 5.97 Å². The van der Waals surface area contributed by atoms with Crippen LogP contribution >= 0.6 is 0 Å². The van der Waals surface area contributed by atoms with Crippen LogP contribution in [-0.2, 0) is 0 Å². The van der Waals surface area contributed by atoms with Crippen molar-refractivity contribution in [3.63, 3.8) is 0 Å². The van der Waals surface area contributed by atoms with Crippen molar-refractivity contribution in [1.82, 2.24) is 9.78 Å². The van der Waals surface area contributed by atoms with Crippen LogP contribution in [0.1, 0.15) is 27.5 Å². The molecule has 1 N–H and O–H groups in total. The van der Waals surface area contributed by atoms with Crippen LogP contribution in [0.5, 0.6) is 0 Å². The maximum atomic E-state index is 11.1. The molecule has 0 unspecified atom stereocenters. The predicted molar refractivity (Wildman–Crippen MR) is 79.3 cm³/mol. The van der Waals surface area contributed by atoms with Gasteiger partial charge in [-0.3, -0.25) is 4.68 Å². The third-order valence-corrected chi connectivity index (χ3v) is 3.34.